The highest BCUT2D eigenvalue weighted by atomic mass is 79.9. The largest absolute Gasteiger partial charge is 0.489 e. The van der Waals surface area contributed by atoms with E-state index in [0.29, 0.717) is 30.4 Å². The van der Waals surface area contributed by atoms with E-state index in [0.717, 1.165) is 10.9 Å². The lowest BCUT2D eigenvalue weighted by molar-refractivity contribution is -0.111. The van der Waals surface area contributed by atoms with Crippen LogP contribution in [0.3, 0.4) is 0 Å². The van der Waals surface area contributed by atoms with Gasteiger partial charge in [-0.2, -0.15) is 0 Å². The Kier molecular flexibility index (Phi) is 4.11. The maximum absolute atomic E-state index is 11.4. The number of rotatable bonds is 1. The lowest BCUT2D eigenvalue weighted by atomic mass is 10.2. The Morgan fingerprint density at radius 3 is 2.94 bits per heavy atom. The molecule has 5 heteroatoms. The first-order chi connectivity index (χ1) is 8.70. The average molecular weight is 310 g/mol. The fourth-order valence-corrected chi connectivity index (χ4v) is 2.14. The first kappa shape index (κ1) is 12.8. The summed E-state index contributed by atoms with van der Waals surface area (Å²) < 4.78 is 11.9. The number of amides is 1. The summed E-state index contributed by atoms with van der Waals surface area (Å²) in [5, 5.41) is 2.68. The molecule has 4 nitrogen and oxygen atoms in total. The number of carbonyl (C=O) groups excluding carboxylic acids is 1. The maximum Gasteiger partial charge on any atom is 0.300 e. The van der Waals surface area contributed by atoms with Gasteiger partial charge < -0.3 is 14.8 Å². The Morgan fingerprint density at radius 1 is 1.39 bits per heavy atom. The van der Waals surface area contributed by atoms with Crippen molar-refractivity contribution in [1.82, 2.24) is 0 Å². The highest BCUT2D eigenvalue weighted by Crippen LogP contribution is 2.39. The van der Waals surface area contributed by atoms with Crippen LogP contribution in [0.2, 0.25) is 0 Å². The lowest BCUT2D eigenvalue weighted by Gasteiger charge is -2.11. The van der Waals surface area contributed by atoms with Gasteiger partial charge in [-0.15, -0.1) is 0 Å². The second kappa shape index (κ2) is 5.78. The molecule has 0 fully saturated rings. The van der Waals surface area contributed by atoms with E-state index < -0.39 is 0 Å². The zero-order valence-corrected chi connectivity index (χ0v) is 11.5. The number of hydrogen-bond acceptors (Lipinski definition) is 3. The van der Waals surface area contributed by atoms with Gasteiger partial charge in [-0.25, -0.2) is 0 Å². The predicted molar refractivity (Wildman–Crippen MR) is 71.8 cm³/mol. The van der Waals surface area contributed by atoms with E-state index in [2.05, 4.69) is 33.1 Å². The molecule has 0 spiro atoms. The Bertz CT molecular complexity index is 531. The molecule has 94 valence electrons. The molecule has 18 heavy (non-hydrogen) atoms. The first-order valence-electron chi connectivity index (χ1n) is 5.53. The Hall–Kier alpha value is -1.67. The number of carbonyl (C=O) groups is 1. The monoisotopic (exact) mass is 309 g/mol. The molecular formula is C13H12BrNO3. The molecule has 0 saturated carbocycles. The molecule has 0 saturated heterocycles. The van der Waals surface area contributed by atoms with Gasteiger partial charge in [0, 0.05) is 18.2 Å². The molecule has 1 aromatic carbocycles. The van der Waals surface area contributed by atoms with Crippen molar-refractivity contribution in [3.63, 3.8) is 0 Å². The van der Waals surface area contributed by atoms with Crippen molar-refractivity contribution >= 4 is 27.5 Å². The smallest absolute Gasteiger partial charge is 0.300 e. The molecule has 1 aromatic rings. The summed E-state index contributed by atoms with van der Waals surface area (Å²) in [4.78, 5) is 11.4. The molecule has 1 heterocycles. The molecule has 1 aliphatic heterocycles. The second-order valence-corrected chi connectivity index (χ2v) is 4.52. The summed E-state index contributed by atoms with van der Waals surface area (Å²) in [6, 6.07) is 3.50. The summed E-state index contributed by atoms with van der Waals surface area (Å²) in [5.41, 5.74) is 0.624. The molecular weight excluding hydrogens is 298 g/mol. The summed E-state index contributed by atoms with van der Waals surface area (Å²) in [7, 11) is 0. The van der Waals surface area contributed by atoms with Gasteiger partial charge in [-0.1, -0.05) is 5.92 Å². The van der Waals surface area contributed by atoms with Gasteiger partial charge in [0.05, 0.1) is 17.7 Å². The van der Waals surface area contributed by atoms with E-state index in [1.807, 2.05) is 0 Å². The van der Waals surface area contributed by atoms with E-state index >= 15 is 0 Å². The predicted octanol–water partition coefficient (Wildman–Crippen LogP) is 2.57. The molecule has 0 unspecified atom stereocenters. The van der Waals surface area contributed by atoms with Crippen molar-refractivity contribution in [2.24, 2.45) is 0 Å². The summed E-state index contributed by atoms with van der Waals surface area (Å²) in [6.45, 7) is 2.84. The average Bonchev–Trinajstić information content (AvgIpc) is 2.54. The van der Waals surface area contributed by atoms with Crippen molar-refractivity contribution in [2.45, 2.75) is 13.3 Å². The van der Waals surface area contributed by atoms with Crippen molar-refractivity contribution in [1.29, 1.82) is 0 Å². The summed E-state index contributed by atoms with van der Waals surface area (Å²) in [6.07, 6.45) is 0.837. The van der Waals surface area contributed by atoms with Crippen LogP contribution in [0.25, 0.3) is 0 Å². The fourth-order valence-electron chi connectivity index (χ4n) is 1.58. The standard InChI is InChI=1S/C13H12BrNO3/c1-2-4-12(16)15-9-7-10(14)13-11(8-9)17-5-3-6-18-13/h7-8H,3,5-6H2,1H3,(H,15,16). The van der Waals surface area contributed by atoms with Crippen LogP contribution < -0.4 is 14.8 Å². The van der Waals surface area contributed by atoms with Crippen LogP contribution in [-0.2, 0) is 4.79 Å². The van der Waals surface area contributed by atoms with Gasteiger partial charge in [0.15, 0.2) is 11.5 Å². The third-order valence-electron chi connectivity index (χ3n) is 2.30. The zero-order chi connectivity index (χ0) is 13.0. The number of anilines is 1. The van der Waals surface area contributed by atoms with E-state index in [1.165, 1.54) is 0 Å². The molecule has 1 aliphatic rings. The van der Waals surface area contributed by atoms with Crippen LogP contribution in [-0.4, -0.2) is 19.1 Å². The molecule has 0 aliphatic carbocycles. The number of ether oxygens (including phenoxy) is 2. The van der Waals surface area contributed by atoms with Crippen molar-refractivity contribution in [2.75, 3.05) is 18.5 Å². The van der Waals surface area contributed by atoms with E-state index in [-0.39, 0.29) is 5.91 Å². The van der Waals surface area contributed by atoms with Crippen molar-refractivity contribution in [3.8, 4) is 23.3 Å². The number of hydrogen-bond donors (Lipinski definition) is 1. The minimum atomic E-state index is -0.348. The Morgan fingerprint density at radius 2 is 2.17 bits per heavy atom. The van der Waals surface area contributed by atoms with Crippen LogP contribution in [0, 0.1) is 11.8 Å². The summed E-state index contributed by atoms with van der Waals surface area (Å²) >= 11 is 3.40. The number of halogens is 1. The van der Waals surface area contributed by atoms with E-state index in [9.17, 15) is 4.79 Å². The van der Waals surface area contributed by atoms with Gasteiger partial charge in [0.2, 0.25) is 0 Å². The number of benzene rings is 1. The SMILES string of the molecule is CC#CC(=O)Nc1cc(Br)c2c(c1)OCCCO2. The minimum Gasteiger partial charge on any atom is -0.489 e. The maximum atomic E-state index is 11.4. The summed E-state index contributed by atoms with van der Waals surface area (Å²) in [5.74, 6) is 5.91. The van der Waals surface area contributed by atoms with Crippen LogP contribution >= 0.6 is 15.9 Å². The second-order valence-electron chi connectivity index (χ2n) is 3.66. The third-order valence-corrected chi connectivity index (χ3v) is 2.89. The van der Waals surface area contributed by atoms with Crippen LogP contribution in [0.15, 0.2) is 16.6 Å². The molecule has 2 rings (SSSR count). The highest BCUT2D eigenvalue weighted by molar-refractivity contribution is 9.10. The quantitative estimate of drug-likeness (QED) is 0.811. The van der Waals surface area contributed by atoms with Crippen molar-refractivity contribution < 1.29 is 14.3 Å². The molecule has 0 aromatic heterocycles. The van der Waals surface area contributed by atoms with Gasteiger partial charge >= 0.3 is 0 Å². The zero-order valence-electron chi connectivity index (χ0n) is 9.88. The van der Waals surface area contributed by atoms with E-state index in [1.54, 1.807) is 19.1 Å². The fraction of sp³-hybridized carbons (Fsp3) is 0.308. The molecule has 0 radical (unpaired) electrons. The lowest BCUT2D eigenvalue weighted by Crippen LogP contribution is -2.08. The van der Waals surface area contributed by atoms with Crippen LogP contribution in [0.5, 0.6) is 11.5 Å². The molecule has 1 N–H and O–H groups in total. The number of fused-ring (bicyclic) bond motifs is 1. The third kappa shape index (κ3) is 2.96. The van der Waals surface area contributed by atoms with Crippen LogP contribution in [0.4, 0.5) is 5.69 Å². The Labute approximate surface area is 114 Å². The Balaban J connectivity index is 2.28. The number of nitrogens with one attached hydrogen (secondary N) is 1. The van der Waals surface area contributed by atoms with Crippen LogP contribution in [0.1, 0.15) is 13.3 Å². The minimum absolute atomic E-state index is 0.348. The van der Waals surface area contributed by atoms with Gasteiger partial charge in [-0.3, -0.25) is 4.79 Å². The first-order valence-corrected chi connectivity index (χ1v) is 6.33. The normalized spacial score (nSPS) is 13.0. The molecule has 0 bridgehead atoms. The van der Waals surface area contributed by atoms with Gasteiger partial charge in [0.1, 0.15) is 0 Å². The molecule has 1 amide bonds. The molecule has 0 atom stereocenters. The van der Waals surface area contributed by atoms with E-state index in [4.69, 9.17) is 9.47 Å². The van der Waals surface area contributed by atoms with Crippen molar-refractivity contribution in [3.05, 3.63) is 16.6 Å². The van der Waals surface area contributed by atoms with Gasteiger partial charge in [-0.05, 0) is 34.8 Å². The van der Waals surface area contributed by atoms with Gasteiger partial charge in [0.25, 0.3) is 5.91 Å². The highest BCUT2D eigenvalue weighted by Gasteiger charge is 2.15. The topological polar surface area (TPSA) is 47.6 Å².